The molecule has 0 saturated heterocycles. The molecule has 0 bridgehead atoms. The maximum absolute atomic E-state index is 0. The van der Waals surface area contributed by atoms with E-state index >= 15 is 0 Å². The molecule has 36 valence electrons. The van der Waals surface area contributed by atoms with Crippen LogP contribution in [0, 0.1) is 49.4 Å². The van der Waals surface area contributed by atoms with Crippen molar-refractivity contribution < 1.29 is 97.8 Å². The number of hydrogen-bond donors (Lipinski definition) is 0. The van der Waals surface area contributed by atoms with Gasteiger partial charge >= 0.3 is 78.9 Å². The van der Waals surface area contributed by atoms with Gasteiger partial charge in [0.15, 0.2) is 0 Å². The van der Waals surface area contributed by atoms with E-state index in [0.717, 1.165) is 0 Å². The van der Waals surface area contributed by atoms with E-state index in [1.807, 2.05) is 0 Å². The number of rotatable bonds is 0. The zero-order valence-corrected chi connectivity index (χ0v) is 7.31. The zero-order valence-electron chi connectivity index (χ0n) is 2.89. The van der Waals surface area contributed by atoms with Crippen LogP contribution >= 0.6 is 0 Å². The summed E-state index contributed by atoms with van der Waals surface area (Å²) in [6.07, 6.45) is 0. The van der Waals surface area contributed by atoms with Crippen LogP contribution in [0.5, 0.6) is 0 Å². The molecule has 6 heteroatoms. The summed E-state index contributed by atoms with van der Waals surface area (Å²) in [5.41, 5.74) is 0. The van der Waals surface area contributed by atoms with Crippen molar-refractivity contribution in [2.75, 3.05) is 0 Å². The third-order valence-electron chi connectivity index (χ3n) is 0. The molecule has 0 aromatic rings. The molecule has 0 rings (SSSR count). The van der Waals surface area contributed by atoms with Gasteiger partial charge in [-0.15, -0.1) is 0 Å². The van der Waals surface area contributed by atoms with Crippen molar-refractivity contribution >= 4 is 0 Å². The first-order valence-electron chi connectivity index (χ1n) is 0. The van der Waals surface area contributed by atoms with E-state index in [-0.39, 0.29) is 97.8 Å². The van der Waals surface area contributed by atoms with E-state index in [1.165, 1.54) is 0 Å². The molecule has 6 heavy (non-hydrogen) atoms. The van der Waals surface area contributed by atoms with Crippen LogP contribution in [0.25, 0.3) is 0 Å². The predicted molar refractivity (Wildman–Crippen MR) is 0 cm³/mol. The fourth-order valence-electron chi connectivity index (χ4n) is 0. The molecule has 0 saturated carbocycles. The summed E-state index contributed by atoms with van der Waals surface area (Å²) < 4.78 is 0. The molecule has 0 aromatic heterocycles. The van der Waals surface area contributed by atoms with Crippen LogP contribution in [0.3, 0.4) is 0 Å². The fourth-order valence-corrected chi connectivity index (χ4v) is 0. The molecule has 0 fully saturated rings. The van der Waals surface area contributed by atoms with Crippen LogP contribution < -0.4 is 48.4 Å². The molecule has 0 amide bonds. The third-order valence-corrected chi connectivity index (χ3v) is 0. The average molecular weight is 251 g/mol. The molecular formula is EuF4Na. The topological polar surface area (TPSA) is 0 Å². The van der Waals surface area contributed by atoms with Crippen molar-refractivity contribution in [2.45, 2.75) is 0 Å². The quantitative estimate of drug-likeness (QED) is 0.296. The van der Waals surface area contributed by atoms with Crippen LogP contribution in [0.15, 0.2) is 0 Å². The maximum atomic E-state index is 0. The minimum atomic E-state index is 0. The molecule has 0 nitrogen and oxygen atoms in total. The van der Waals surface area contributed by atoms with E-state index in [2.05, 4.69) is 0 Å². The first kappa shape index (κ1) is 83.4. The van der Waals surface area contributed by atoms with E-state index in [9.17, 15) is 0 Å². The van der Waals surface area contributed by atoms with Crippen molar-refractivity contribution in [1.82, 2.24) is 0 Å². The number of hydrogen-bond acceptors (Lipinski definition) is 0. The number of halogens is 4. The Morgan fingerprint density at radius 2 is 0.500 bits per heavy atom. The summed E-state index contributed by atoms with van der Waals surface area (Å²) in [5, 5.41) is 0. The van der Waals surface area contributed by atoms with Gasteiger partial charge in [0.05, 0.1) is 0 Å². The van der Waals surface area contributed by atoms with Gasteiger partial charge in [0.2, 0.25) is 0 Å². The fraction of sp³-hybridized carbons (Fsp3) is 0. The maximum Gasteiger partial charge on any atom is 3.00 e. The van der Waals surface area contributed by atoms with E-state index in [4.69, 9.17) is 0 Å². The van der Waals surface area contributed by atoms with Gasteiger partial charge in [-0.05, 0) is 0 Å². The van der Waals surface area contributed by atoms with Crippen molar-refractivity contribution in [3.8, 4) is 0 Å². The van der Waals surface area contributed by atoms with Crippen LogP contribution in [0.4, 0.5) is 0 Å². The first-order chi connectivity index (χ1) is 0. The zero-order chi connectivity index (χ0) is 0. The molecule has 0 aromatic carbocycles. The Morgan fingerprint density at radius 3 is 0.500 bits per heavy atom. The molecule has 0 aliphatic heterocycles. The molecule has 0 unspecified atom stereocenters. The van der Waals surface area contributed by atoms with Gasteiger partial charge in [0, 0.05) is 0 Å². The SMILES string of the molecule is [Eu+3].[F-].[F-].[F-].[F-].[Na+]. The molecular weight excluding hydrogens is 251 g/mol. The minimum Gasteiger partial charge on any atom is -1.00 e. The smallest absolute Gasteiger partial charge is 1.00 e. The van der Waals surface area contributed by atoms with Crippen molar-refractivity contribution in [3.63, 3.8) is 0 Å². The van der Waals surface area contributed by atoms with Crippen LogP contribution in [0.1, 0.15) is 0 Å². The summed E-state index contributed by atoms with van der Waals surface area (Å²) >= 11 is 0. The van der Waals surface area contributed by atoms with E-state index in [1.54, 1.807) is 0 Å². The van der Waals surface area contributed by atoms with Crippen LogP contribution in [-0.2, 0) is 0 Å². The summed E-state index contributed by atoms with van der Waals surface area (Å²) in [5.74, 6) is 0. The Morgan fingerprint density at radius 1 is 0.500 bits per heavy atom. The Bertz CT molecular complexity index is 7.51. The molecule has 0 aliphatic carbocycles. The second-order valence-corrected chi connectivity index (χ2v) is 0. The molecule has 0 atom stereocenters. The average Bonchev–Trinajstić information content (AvgIpc) is 0. The summed E-state index contributed by atoms with van der Waals surface area (Å²) in [6, 6.07) is 0. The van der Waals surface area contributed by atoms with Gasteiger partial charge in [0.1, 0.15) is 0 Å². The van der Waals surface area contributed by atoms with E-state index < -0.39 is 0 Å². The summed E-state index contributed by atoms with van der Waals surface area (Å²) in [7, 11) is 0. The van der Waals surface area contributed by atoms with E-state index in [0.29, 0.717) is 0 Å². The summed E-state index contributed by atoms with van der Waals surface area (Å²) in [6.45, 7) is 0. The molecule has 0 spiro atoms. The Balaban J connectivity index is 0. The van der Waals surface area contributed by atoms with Crippen molar-refractivity contribution in [3.05, 3.63) is 0 Å². The molecule has 0 aliphatic rings. The second kappa shape index (κ2) is 54.7. The van der Waals surface area contributed by atoms with Gasteiger partial charge in [-0.2, -0.15) is 0 Å². The van der Waals surface area contributed by atoms with Crippen LogP contribution in [0.2, 0.25) is 0 Å². The predicted octanol–water partition coefficient (Wildman–Crippen LogP) is -15.0. The minimum absolute atomic E-state index is 0. The normalized spacial score (nSPS) is 0. The summed E-state index contributed by atoms with van der Waals surface area (Å²) in [4.78, 5) is 0. The third kappa shape index (κ3) is 33.4. The molecule has 0 radical (unpaired) electrons. The van der Waals surface area contributed by atoms with Crippen molar-refractivity contribution in [2.24, 2.45) is 0 Å². The standard InChI is InChI=1S/Eu.4FH.Na/h;4*1H;/q+3;;;;;+1/p-4. The van der Waals surface area contributed by atoms with Gasteiger partial charge in [-0.3, -0.25) is 0 Å². The monoisotopic (exact) mass is 252 g/mol. The van der Waals surface area contributed by atoms with Crippen LogP contribution in [-0.4, -0.2) is 0 Å². The van der Waals surface area contributed by atoms with Crippen molar-refractivity contribution in [1.29, 1.82) is 0 Å². The Kier molecular flexibility index (Phi) is 760. The Labute approximate surface area is 95.7 Å². The van der Waals surface area contributed by atoms with Gasteiger partial charge < -0.3 is 18.8 Å². The Hall–Kier alpha value is 2.30. The first-order valence-corrected chi connectivity index (χ1v) is 0. The molecule has 0 N–H and O–H groups in total. The van der Waals surface area contributed by atoms with Gasteiger partial charge in [0.25, 0.3) is 0 Å². The molecule has 0 heterocycles. The largest absolute Gasteiger partial charge is 3.00 e. The van der Waals surface area contributed by atoms with Gasteiger partial charge in [-0.25, -0.2) is 0 Å². The second-order valence-electron chi connectivity index (χ2n) is 0. The van der Waals surface area contributed by atoms with Gasteiger partial charge in [-0.1, -0.05) is 0 Å².